The van der Waals surface area contributed by atoms with Crippen molar-refractivity contribution in [3.8, 4) is 11.5 Å². The average Bonchev–Trinajstić information content (AvgIpc) is 3.00. The summed E-state index contributed by atoms with van der Waals surface area (Å²) in [5.41, 5.74) is 5.16. The highest BCUT2D eigenvalue weighted by Gasteiger charge is 2.48. The van der Waals surface area contributed by atoms with Gasteiger partial charge in [0.1, 0.15) is 17.0 Å². The minimum absolute atomic E-state index is 0.0614. The van der Waals surface area contributed by atoms with E-state index in [2.05, 4.69) is 0 Å². The van der Waals surface area contributed by atoms with Crippen LogP contribution in [-0.4, -0.2) is 56.7 Å². The van der Waals surface area contributed by atoms with Gasteiger partial charge in [-0.1, -0.05) is 6.07 Å². The molecule has 7 heteroatoms. The molecule has 1 saturated heterocycles. The van der Waals surface area contributed by atoms with Crippen LogP contribution in [0.3, 0.4) is 0 Å². The number of amides is 2. The largest absolute Gasteiger partial charge is 0.496 e. The molecule has 2 N–H and O–H groups in total. The van der Waals surface area contributed by atoms with Gasteiger partial charge in [0.25, 0.3) is 0 Å². The van der Waals surface area contributed by atoms with Crippen molar-refractivity contribution >= 4 is 11.8 Å². The molecule has 0 bridgehead atoms. The van der Waals surface area contributed by atoms with Crippen LogP contribution in [0.25, 0.3) is 0 Å². The first-order valence-electron chi connectivity index (χ1n) is 7.79. The average molecular weight is 336 g/mol. The molecule has 1 aromatic carbocycles. The van der Waals surface area contributed by atoms with E-state index in [1.165, 1.54) is 26.2 Å². The lowest BCUT2D eigenvalue weighted by atomic mass is 9.95. The second-order valence-electron chi connectivity index (χ2n) is 5.80. The maximum Gasteiger partial charge on any atom is 0.245 e. The van der Waals surface area contributed by atoms with Crippen LogP contribution in [0, 0.1) is 0 Å². The molecule has 1 fully saturated rings. The van der Waals surface area contributed by atoms with Crippen molar-refractivity contribution < 1.29 is 23.8 Å². The fourth-order valence-electron chi connectivity index (χ4n) is 3.31. The quantitative estimate of drug-likeness (QED) is 0.793. The summed E-state index contributed by atoms with van der Waals surface area (Å²) in [5, 5.41) is 0. The van der Waals surface area contributed by atoms with Crippen molar-refractivity contribution in [2.75, 3.05) is 34.5 Å². The second kappa shape index (κ2) is 7.53. The number of benzene rings is 1. The molecule has 1 heterocycles. The fraction of sp³-hybridized carbons (Fsp3) is 0.529. The molecule has 1 aliphatic heterocycles. The zero-order valence-corrected chi connectivity index (χ0v) is 14.3. The number of likely N-dealkylation sites (tertiary alicyclic amines) is 1. The number of rotatable bonds is 7. The molecule has 1 atom stereocenters. The highest BCUT2D eigenvalue weighted by Crippen LogP contribution is 2.33. The molecular formula is C17H24N2O5. The van der Waals surface area contributed by atoms with Crippen molar-refractivity contribution in [2.24, 2.45) is 5.73 Å². The Kier molecular flexibility index (Phi) is 5.66. The van der Waals surface area contributed by atoms with Gasteiger partial charge in [0.2, 0.25) is 11.8 Å². The van der Waals surface area contributed by atoms with Gasteiger partial charge >= 0.3 is 0 Å². The van der Waals surface area contributed by atoms with Crippen LogP contribution >= 0.6 is 0 Å². The third-order valence-electron chi connectivity index (χ3n) is 4.49. The SMILES string of the molecule is COCC1(C(N)=O)CCCN1C(=O)Cc1c(OC)cccc1OC. The Bertz CT molecular complexity index is 597. The summed E-state index contributed by atoms with van der Waals surface area (Å²) in [7, 11) is 4.57. The van der Waals surface area contributed by atoms with E-state index < -0.39 is 11.4 Å². The number of hydrogen-bond donors (Lipinski definition) is 1. The molecule has 0 aromatic heterocycles. The maximum atomic E-state index is 12.9. The van der Waals surface area contributed by atoms with Gasteiger partial charge in [-0.2, -0.15) is 0 Å². The van der Waals surface area contributed by atoms with Gasteiger partial charge in [-0.05, 0) is 25.0 Å². The van der Waals surface area contributed by atoms with Crippen molar-refractivity contribution in [3.63, 3.8) is 0 Å². The summed E-state index contributed by atoms with van der Waals surface area (Å²) in [6.45, 7) is 0.569. The van der Waals surface area contributed by atoms with Crippen LogP contribution in [0.4, 0.5) is 0 Å². The number of methoxy groups -OCH3 is 3. The summed E-state index contributed by atoms with van der Waals surface area (Å²) >= 11 is 0. The molecular weight excluding hydrogens is 312 g/mol. The van der Waals surface area contributed by atoms with E-state index in [1.54, 1.807) is 18.2 Å². The molecule has 2 amide bonds. The summed E-state index contributed by atoms with van der Waals surface area (Å²) in [6.07, 6.45) is 1.28. The molecule has 0 saturated carbocycles. The van der Waals surface area contributed by atoms with E-state index >= 15 is 0 Å². The second-order valence-corrected chi connectivity index (χ2v) is 5.80. The Labute approximate surface area is 141 Å². The number of carbonyl (C=O) groups is 2. The molecule has 24 heavy (non-hydrogen) atoms. The van der Waals surface area contributed by atoms with E-state index in [9.17, 15) is 9.59 Å². The van der Waals surface area contributed by atoms with Crippen molar-refractivity contribution in [2.45, 2.75) is 24.8 Å². The third-order valence-corrected chi connectivity index (χ3v) is 4.49. The molecule has 132 valence electrons. The first-order chi connectivity index (χ1) is 11.5. The van der Waals surface area contributed by atoms with Gasteiger partial charge in [-0.25, -0.2) is 0 Å². The molecule has 2 rings (SSSR count). The number of hydrogen-bond acceptors (Lipinski definition) is 5. The van der Waals surface area contributed by atoms with E-state index in [-0.39, 0.29) is 18.9 Å². The monoisotopic (exact) mass is 336 g/mol. The zero-order chi connectivity index (χ0) is 17.7. The predicted octanol–water partition coefficient (Wildman–Crippen LogP) is 0.739. The lowest BCUT2D eigenvalue weighted by molar-refractivity contribution is -0.146. The number of primary amides is 1. The molecule has 1 aliphatic rings. The molecule has 1 unspecified atom stereocenters. The van der Waals surface area contributed by atoms with Gasteiger partial charge in [0.15, 0.2) is 0 Å². The third kappa shape index (κ3) is 3.17. The summed E-state index contributed by atoms with van der Waals surface area (Å²) in [6, 6.07) is 5.33. The molecule has 0 spiro atoms. The molecule has 0 aliphatic carbocycles. The summed E-state index contributed by atoms with van der Waals surface area (Å²) in [4.78, 5) is 26.5. The van der Waals surface area contributed by atoms with Crippen molar-refractivity contribution in [1.29, 1.82) is 0 Å². The molecule has 7 nitrogen and oxygen atoms in total. The van der Waals surface area contributed by atoms with Crippen LogP contribution in [0.15, 0.2) is 18.2 Å². The molecule has 0 radical (unpaired) electrons. The highest BCUT2D eigenvalue weighted by atomic mass is 16.5. The first kappa shape index (κ1) is 18.1. The highest BCUT2D eigenvalue weighted by molar-refractivity contribution is 5.92. The fourth-order valence-corrected chi connectivity index (χ4v) is 3.31. The molecule has 1 aromatic rings. The van der Waals surface area contributed by atoms with Crippen molar-refractivity contribution in [3.05, 3.63) is 23.8 Å². The number of nitrogens with two attached hydrogens (primary N) is 1. The Morgan fingerprint density at radius 1 is 1.21 bits per heavy atom. The standard InChI is InChI=1S/C17H24N2O5/c1-22-11-17(16(18)21)8-5-9-19(17)15(20)10-12-13(23-2)6-4-7-14(12)24-3/h4,6-7H,5,8-11H2,1-3H3,(H2,18,21). The number of ether oxygens (including phenoxy) is 3. The van der Waals surface area contributed by atoms with Gasteiger partial charge in [-0.3, -0.25) is 9.59 Å². The summed E-state index contributed by atoms with van der Waals surface area (Å²) in [5.74, 6) is 0.393. The number of carbonyl (C=O) groups excluding carboxylic acids is 2. The lowest BCUT2D eigenvalue weighted by Gasteiger charge is -2.35. The predicted molar refractivity (Wildman–Crippen MR) is 88.0 cm³/mol. The maximum absolute atomic E-state index is 12.9. The van der Waals surface area contributed by atoms with E-state index in [1.807, 2.05) is 0 Å². The number of nitrogens with zero attached hydrogens (tertiary/aromatic N) is 1. The summed E-state index contributed by atoms with van der Waals surface area (Å²) < 4.78 is 15.8. The Morgan fingerprint density at radius 2 is 1.83 bits per heavy atom. The van der Waals surface area contributed by atoms with E-state index in [0.717, 1.165) is 0 Å². The van der Waals surface area contributed by atoms with E-state index in [0.29, 0.717) is 36.4 Å². The smallest absolute Gasteiger partial charge is 0.245 e. The normalized spacial score (nSPS) is 20.0. The first-order valence-corrected chi connectivity index (χ1v) is 7.79. The van der Waals surface area contributed by atoms with Crippen LogP contribution in [0.1, 0.15) is 18.4 Å². The lowest BCUT2D eigenvalue weighted by Crippen LogP contribution is -2.59. The van der Waals surface area contributed by atoms with E-state index in [4.69, 9.17) is 19.9 Å². The minimum atomic E-state index is -1.08. The van der Waals surface area contributed by atoms with Crippen LogP contribution in [-0.2, 0) is 20.7 Å². The minimum Gasteiger partial charge on any atom is -0.496 e. The van der Waals surface area contributed by atoms with Crippen LogP contribution < -0.4 is 15.2 Å². The Balaban J connectivity index is 2.31. The topological polar surface area (TPSA) is 91.1 Å². The van der Waals surface area contributed by atoms with Gasteiger partial charge in [0.05, 0.1) is 27.2 Å². The van der Waals surface area contributed by atoms with Gasteiger partial charge in [0, 0.05) is 19.2 Å². The van der Waals surface area contributed by atoms with Crippen LogP contribution in [0.2, 0.25) is 0 Å². The van der Waals surface area contributed by atoms with Gasteiger partial charge in [-0.15, -0.1) is 0 Å². The zero-order valence-electron chi connectivity index (χ0n) is 14.3. The Morgan fingerprint density at radius 3 is 2.33 bits per heavy atom. The van der Waals surface area contributed by atoms with Crippen molar-refractivity contribution in [1.82, 2.24) is 4.90 Å². The van der Waals surface area contributed by atoms with Gasteiger partial charge < -0.3 is 24.8 Å². The Hall–Kier alpha value is -2.28. The van der Waals surface area contributed by atoms with Crippen LogP contribution in [0.5, 0.6) is 11.5 Å².